The van der Waals surface area contributed by atoms with E-state index >= 15 is 0 Å². The van der Waals surface area contributed by atoms with Gasteiger partial charge in [0.15, 0.2) is 0 Å². The van der Waals surface area contributed by atoms with Crippen molar-refractivity contribution in [3.05, 3.63) is 39.2 Å². The smallest absolute Gasteiger partial charge is 0.339 e. The zero-order valence-corrected chi connectivity index (χ0v) is 14.5. The van der Waals surface area contributed by atoms with Crippen LogP contribution in [0.1, 0.15) is 56.2 Å². The molecule has 2 aromatic rings. The van der Waals surface area contributed by atoms with Crippen LogP contribution in [-0.4, -0.2) is 22.1 Å². The number of aryl methyl sites for hydroxylation is 1. The Hall–Kier alpha value is -1.81. The first-order valence-corrected chi connectivity index (χ1v) is 9.11. The second kappa shape index (κ2) is 5.92. The van der Waals surface area contributed by atoms with Crippen molar-refractivity contribution in [1.82, 2.24) is 4.90 Å². The fourth-order valence-electron chi connectivity index (χ4n) is 4.47. The number of likely N-dealkylation sites (tertiary alicyclic amines) is 1. The van der Waals surface area contributed by atoms with Crippen molar-refractivity contribution in [2.75, 3.05) is 0 Å². The lowest BCUT2D eigenvalue weighted by molar-refractivity contribution is 0.0944. The molecule has 0 unspecified atom stereocenters. The van der Waals surface area contributed by atoms with E-state index in [2.05, 4.69) is 18.7 Å². The first-order chi connectivity index (χ1) is 11.5. The Labute approximate surface area is 142 Å². The average molecular weight is 327 g/mol. The number of phenolic OH excluding ortho intramolecular Hbond substituents is 1. The average Bonchev–Trinajstić information content (AvgIpc) is 3.02. The molecule has 1 aromatic heterocycles. The minimum atomic E-state index is -0.236. The van der Waals surface area contributed by atoms with Crippen molar-refractivity contribution in [3.8, 4) is 5.75 Å². The van der Waals surface area contributed by atoms with E-state index in [1.54, 1.807) is 6.07 Å². The maximum Gasteiger partial charge on any atom is 0.339 e. The summed E-state index contributed by atoms with van der Waals surface area (Å²) in [6, 6.07) is 4.74. The first-order valence-electron chi connectivity index (χ1n) is 9.11. The molecule has 128 valence electrons. The summed E-state index contributed by atoms with van der Waals surface area (Å²) in [5, 5.41) is 11.5. The van der Waals surface area contributed by atoms with E-state index in [0.717, 1.165) is 47.9 Å². The molecule has 2 aliphatic rings. The van der Waals surface area contributed by atoms with Crippen LogP contribution in [0.4, 0.5) is 0 Å². The molecule has 2 atom stereocenters. The molecule has 0 spiro atoms. The lowest BCUT2D eigenvalue weighted by atomic mass is 9.96. The van der Waals surface area contributed by atoms with Crippen LogP contribution in [0.3, 0.4) is 0 Å². The van der Waals surface area contributed by atoms with E-state index in [-0.39, 0.29) is 11.4 Å². The van der Waals surface area contributed by atoms with E-state index < -0.39 is 0 Å². The Bertz CT molecular complexity index is 829. The van der Waals surface area contributed by atoms with Crippen LogP contribution in [0.2, 0.25) is 0 Å². The summed E-state index contributed by atoms with van der Waals surface area (Å²) in [5.74, 6) is 0.230. The van der Waals surface area contributed by atoms with Gasteiger partial charge in [-0.1, -0.05) is 6.42 Å². The lowest BCUT2D eigenvalue weighted by Gasteiger charge is -2.39. The summed E-state index contributed by atoms with van der Waals surface area (Å²) in [5.41, 5.74) is 3.18. The molecule has 2 heterocycles. The Morgan fingerprint density at radius 1 is 1.12 bits per heavy atom. The Morgan fingerprint density at radius 3 is 2.58 bits per heavy atom. The molecule has 1 N–H and O–H groups in total. The van der Waals surface area contributed by atoms with Crippen LogP contribution < -0.4 is 5.63 Å². The van der Waals surface area contributed by atoms with E-state index in [1.165, 1.54) is 19.3 Å². The summed E-state index contributed by atoms with van der Waals surface area (Å²) < 4.78 is 5.44. The van der Waals surface area contributed by atoms with Gasteiger partial charge in [-0.05, 0) is 57.6 Å². The summed E-state index contributed by atoms with van der Waals surface area (Å²) in [4.78, 5) is 14.5. The van der Waals surface area contributed by atoms with Gasteiger partial charge in [-0.3, -0.25) is 4.90 Å². The van der Waals surface area contributed by atoms with Crippen LogP contribution in [0.25, 0.3) is 11.0 Å². The number of nitrogens with zero attached hydrogens (tertiary/aromatic N) is 1. The van der Waals surface area contributed by atoms with Crippen molar-refractivity contribution in [1.29, 1.82) is 0 Å². The molecular formula is C20H25NO3. The van der Waals surface area contributed by atoms with Gasteiger partial charge in [-0.15, -0.1) is 0 Å². The quantitative estimate of drug-likeness (QED) is 0.854. The molecule has 4 nitrogen and oxygen atoms in total. The summed E-state index contributed by atoms with van der Waals surface area (Å²) in [6.07, 6.45) is 6.45. The molecule has 0 radical (unpaired) electrons. The number of rotatable bonds is 2. The normalized spacial score (nSPS) is 24.4. The van der Waals surface area contributed by atoms with Gasteiger partial charge in [0.25, 0.3) is 0 Å². The van der Waals surface area contributed by atoms with Crippen molar-refractivity contribution in [3.63, 3.8) is 0 Å². The molecule has 1 fully saturated rings. The third-order valence-electron chi connectivity index (χ3n) is 5.90. The van der Waals surface area contributed by atoms with Crippen LogP contribution in [0.5, 0.6) is 5.75 Å². The molecule has 1 aliphatic heterocycles. The van der Waals surface area contributed by atoms with Crippen LogP contribution in [0, 0.1) is 0 Å². The summed E-state index contributed by atoms with van der Waals surface area (Å²) >= 11 is 0. The van der Waals surface area contributed by atoms with Gasteiger partial charge in [-0.25, -0.2) is 4.79 Å². The molecule has 0 bridgehead atoms. The SMILES string of the molecule is C[C@@H]1CCC[C@@H](C)N1Cc1cc2c3c(c(=O)oc2cc1O)CCC3. The molecule has 24 heavy (non-hydrogen) atoms. The minimum absolute atomic E-state index is 0.230. The molecule has 1 aliphatic carbocycles. The van der Waals surface area contributed by atoms with E-state index in [1.807, 2.05) is 6.07 Å². The van der Waals surface area contributed by atoms with Crippen molar-refractivity contribution in [2.24, 2.45) is 0 Å². The van der Waals surface area contributed by atoms with Crippen molar-refractivity contribution < 1.29 is 9.52 Å². The molecule has 0 saturated carbocycles. The van der Waals surface area contributed by atoms with Crippen LogP contribution in [0.15, 0.2) is 21.3 Å². The van der Waals surface area contributed by atoms with Crippen LogP contribution >= 0.6 is 0 Å². The van der Waals surface area contributed by atoms with E-state index in [4.69, 9.17) is 4.42 Å². The molecular weight excluding hydrogens is 302 g/mol. The highest BCUT2D eigenvalue weighted by Crippen LogP contribution is 2.34. The molecule has 1 saturated heterocycles. The number of hydrogen-bond donors (Lipinski definition) is 1. The number of phenols is 1. The number of hydrogen-bond acceptors (Lipinski definition) is 4. The highest BCUT2D eigenvalue weighted by atomic mass is 16.4. The molecule has 4 rings (SSSR count). The fraction of sp³-hybridized carbons (Fsp3) is 0.550. The highest BCUT2D eigenvalue weighted by Gasteiger charge is 2.26. The molecule has 4 heteroatoms. The zero-order valence-electron chi connectivity index (χ0n) is 14.5. The maximum absolute atomic E-state index is 12.1. The summed E-state index contributed by atoms with van der Waals surface area (Å²) in [6.45, 7) is 5.28. The zero-order chi connectivity index (χ0) is 16.8. The van der Waals surface area contributed by atoms with Crippen LogP contribution in [-0.2, 0) is 19.4 Å². The second-order valence-corrected chi connectivity index (χ2v) is 7.48. The number of fused-ring (bicyclic) bond motifs is 3. The Balaban J connectivity index is 1.77. The second-order valence-electron chi connectivity index (χ2n) is 7.48. The number of aromatic hydroxyl groups is 1. The lowest BCUT2D eigenvalue weighted by Crippen LogP contribution is -2.42. The maximum atomic E-state index is 12.1. The van der Waals surface area contributed by atoms with Gasteiger partial charge in [0.1, 0.15) is 11.3 Å². The van der Waals surface area contributed by atoms with Crippen molar-refractivity contribution >= 4 is 11.0 Å². The Morgan fingerprint density at radius 2 is 1.83 bits per heavy atom. The molecule has 0 amide bonds. The molecule has 1 aromatic carbocycles. The highest BCUT2D eigenvalue weighted by molar-refractivity contribution is 5.84. The first kappa shape index (κ1) is 15.7. The van der Waals surface area contributed by atoms with Gasteiger partial charge in [0.05, 0.1) is 0 Å². The largest absolute Gasteiger partial charge is 0.507 e. The van der Waals surface area contributed by atoms with Crippen molar-refractivity contribution in [2.45, 2.75) is 71.0 Å². The Kier molecular flexibility index (Phi) is 3.87. The van der Waals surface area contributed by atoms with Gasteiger partial charge in [0, 0.05) is 41.2 Å². The van der Waals surface area contributed by atoms with Gasteiger partial charge in [-0.2, -0.15) is 0 Å². The van der Waals surface area contributed by atoms with Gasteiger partial charge in [0.2, 0.25) is 0 Å². The van der Waals surface area contributed by atoms with Gasteiger partial charge >= 0.3 is 5.63 Å². The summed E-state index contributed by atoms with van der Waals surface area (Å²) in [7, 11) is 0. The minimum Gasteiger partial charge on any atom is -0.507 e. The monoisotopic (exact) mass is 327 g/mol. The fourth-order valence-corrected chi connectivity index (χ4v) is 4.47. The van der Waals surface area contributed by atoms with E-state index in [0.29, 0.717) is 17.7 Å². The number of piperidine rings is 1. The number of benzene rings is 1. The third-order valence-corrected chi connectivity index (χ3v) is 5.90. The predicted octanol–water partition coefficient (Wildman–Crippen LogP) is 3.75. The van der Waals surface area contributed by atoms with Gasteiger partial charge < -0.3 is 9.52 Å². The third kappa shape index (κ3) is 2.53. The van der Waals surface area contributed by atoms with E-state index in [9.17, 15) is 9.90 Å². The standard InChI is InChI=1S/C20H25NO3/c1-12-5-3-6-13(2)21(12)11-14-9-17-15-7-4-8-16(15)20(23)24-19(17)10-18(14)22/h9-10,12-13,22H,3-8,11H2,1-2H3/t12-,13-/m1/s1. The predicted molar refractivity (Wildman–Crippen MR) is 94.5 cm³/mol. The topological polar surface area (TPSA) is 53.7 Å².